The molecule has 104 valence electrons. The molecule has 0 fully saturated rings. The minimum Gasteiger partial charge on any atom is -0.485 e. The molecule has 1 N–H and O–H groups in total. The molecule has 0 spiro atoms. The van der Waals surface area contributed by atoms with Crippen LogP contribution >= 0.6 is 0 Å². The van der Waals surface area contributed by atoms with Gasteiger partial charge < -0.3 is 9.84 Å². The van der Waals surface area contributed by atoms with Crippen molar-refractivity contribution in [3.05, 3.63) is 65.0 Å². The molecule has 0 aromatic heterocycles. The van der Waals surface area contributed by atoms with Crippen LogP contribution in [-0.4, -0.2) is 11.1 Å². The number of para-hydroxylation sites is 1. The van der Waals surface area contributed by atoms with Crippen LogP contribution in [0.4, 0.5) is 13.2 Å². The van der Waals surface area contributed by atoms with Gasteiger partial charge in [0.05, 0.1) is 0 Å². The van der Waals surface area contributed by atoms with Gasteiger partial charge in [-0.15, -0.1) is 0 Å². The Hall–Kier alpha value is -2.50. The van der Waals surface area contributed by atoms with Crippen molar-refractivity contribution >= 4 is 5.97 Å². The second kappa shape index (κ2) is 5.64. The van der Waals surface area contributed by atoms with Crippen LogP contribution in [0.1, 0.15) is 15.9 Å². The van der Waals surface area contributed by atoms with Gasteiger partial charge >= 0.3 is 5.97 Å². The Morgan fingerprint density at radius 2 is 1.70 bits per heavy atom. The molecule has 0 aliphatic carbocycles. The Labute approximate surface area is 112 Å². The molecule has 0 aliphatic heterocycles. The number of ether oxygens (including phenoxy) is 1. The van der Waals surface area contributed by atoms with Gasteiger partial charge in [0, 0.05) is 5.56 Å². The summed E-state index contributed by atoms with van der Waals surface area (Å²) >= 11 is 0. The van der Waals surface area contributed by atoms with Crippen LogP contribution in [0.25, 0.3) is 0 Å². The Bertz CT molecular complexity index is 656. The van der Waals surface area contributed by atoms with Crippen molar-refractivity contribution in [2.45, 2.75) is 6.61 Å². The van der Waals surface area contributed by atoms with E-state index in [-0.39, 0.29) is 11.1 Å². The van der Waals surface area contributed by atoms with E-state index in [1.165, 1.54) is 18.2 Å². The molecule has 6 heteroatoms. The van der Waals surface area contributed by atoms with Crippen LogP contribution in [0.15, 0.2) is 36.4 Å². The largest absolute Gasteiger partial charge is 0.485 e. The molecule has 2 rings (SSSR count). The maximum absolute atomic E-state index is 13.5. The average molecular weight is 282 g/mol. The number of aromatic carboxylic acids is 1. The molecule has 0 atom stereocenters. The van der Waals surface area contributed by atoms with Crippen molar-refractivity contribution in [2.24, 2.45) is 0 Å². The highest BCUT2D eigenvalue weighted by atomic mass is 19.2. The Morgan fingerprint density at radius 1 is 1.05 bits per heavy atom. The lowest BCUT2D eigenvalue weighted by atomic mass is 10.2. The molecular weight excluding hydrogens is 273 g/mol. The Kier molecular flexibility index (Phi) is 3.93. The standard InChI is InChI=1S/C14H9F3O3/c15-10-5-1-3-8(12(10)17)7-20-13-9(14(18)19)4-2-6-11(13)16/h1-6H,7H2,(H,18,19). The zero-order valence-electron chi connectivity index (χ0n) is 10.1. The lowest BCUT2D eigenvalue weighted by molar-refractivity contribution is 0.0690. The SMILES string of the molecule is O=C(O)c1cccc(F)c1OCc1cccc(F)c1F. The number of carbonyl (C=O) groups is 1. The molecule has 0 saturated heterocycles. The molecule has 0 amide bonds. The van der Waals surface area contributed by atoms with E-state index in [9.17, 15) is 18.0 Å². The van der Waals surface area contributed by atoms with Crippen LogP contribution in [0.5, 0.6) is 5.75 Å². The monoisotopic (exact) mass is 282 g/mol. The fourth-order valence-corrected chi connectivity index (χ4v) is 1.63. The highest BCUT2D eigenvalue weighted by Gasteiger charge is 2.17. The van der Waals surface area contributed by atoms with Gasteiger partial charge in [-0.05, 0) is 18.2 Å². The second-order valence-electron chi connectivity index (χ2n) is 3.92. The molecule has 0 saturated carbocycles. The summed E-state index contributed by atoms with van der Waals surface area (Å²) in [5, 5.41) is 8.91. The molecule has 0 heterocycles. The van der Waals surface area contributed by atoms with Gasteiger partial charge in [-0.1, -0.05) is 18.2 Å². The lowest BCUT2D eigenvalue weighted by Crippen LogP contribution is -2.06. The number of hydrogen-bond acceptors (Lipinski definition) is 2. The first kappa shape index (κ1) is 13.9. The summed E-state index contributed by atoms with van der Waals surface area (Å²) in [5.74, 6) is -4.94. The van der Waals surface area contributed by atoms with E-state index >= 15 is 0 Å². The molecule has 2 aromatic rings. The van der Waals surface area contributed by atoms with Crippen molar-refractivity contribution in [3.63, 3.8) is 0 Å². The van der Waals surface area contributed by atoms with Gasteiger partial charge in [0.1, 0.15) is 12.2 Å². The van der Waals surface area contributed by atoms with Crippen molar-refractivity contribution in [1.82, 2.24) is 0 Å². The summed E-state index contributed by atoms with van der Waals surface area (Å²) in [6.45, 7) is -0.481. The third-order valence-corrected chi connectivity index (χ3v) is 2.60. The van der Waals surface area contributed by atoms with E-state index in [2.05, 4.69) is 0 Å². The molecular formula is C14H9F3O3. The number of carboxylic acids is 1. The van der Waals surface area contributed by atoms with Gasteiger partial charge in [0.15, 0.2) is 23.2 Å². The van der Waals surface area contributed by atoms with E-state index in [0.717, 1.165) is 18.2 Å². The van der Waals surface area contributed by atoms with Crippen molar-refractivity contribution < 1.29 is 27.8 Å². The molecule has 0 unspecified atom stereocenters. The van der Waals surface area contributed by atoms with E-state index in [0.29, 0.717) is 0 Å². The number of hydrogen-bond donors (Lipinski definition) is 1. The smallest absolute Gasteiger partial charge is 0.339 e. The number of benzene rings is 2. The number of carboxylic acid groups (broad SMARTS) is 1. The summed E-state index contributed by atoms with van der Waals surface area (Å²) in [6.07, 6.45) is 0. The maximum Gasteiger partial charge on any atom is 0.339 e. The molecule has 20 heavy (non-hydrogen) atoms. The van der Waals surface area contributed by atoms with E-state index in [1.807, 2.05) is 0 Å². The van der Waals surface area contributed by atoms with Gasteiger partial charge in [-0.2, -0.15) is 0 Å². The summed E-state index contributed by atoms with van der Waals surface area (Å²) in [6, 6.07) is 6.86. The quantitative estimate of drug-likeness (QED) is 0.935. The highest BCUT2D eigenvalue weighted by molar-refractivity contribution is 5.90. The summed E-state index contributed by atoms with van der Waals surface area (Å²) in [5.41, 5.74) is -0.522. The predicted octanol–water partition coefficient (Wildman–Crippen LogP) is 3.38. The third-order valence-electron chi connectivity index (χ3n) is 2.60. The summed E-state index contributed by atoms with van der Waals surface area (Å²) < 4.78 is 44.9. The van der Waals surface area contributed by atoms with E-state index in [4.69, 9.17) is 9.84 Å². The number of halogens is 3. The zero-order valence-corrected chi connectivity index (χ0v) is 10.1. The second-order valence-corrected chi connectivity index (χ2v) is 3.92. The first-order valence-electron chi connectivity index (χ1n) is 5.58. The van der Waals surface area contributed by atoms with Crippen molar-refractivity contribution in [2.75, 3.05) is 0 Å². The van der Waals surface area contributed by atoms with Crippen LogP contribution in [0.2, 0.25) is 0 Å². The van der Waals surface area contributed by atoms with Gasteiger partial charge in [0.2, 0.25) is 0 Å². The van der Waals surface area contributed by atoms with Crippen LogP contribution in [0.3, 0.4) is 0 Å². The zero-order chi connectivity index (χ0) is 14.7. The number of rotatable bonds is 4. The molecule has 0 bridgehead atoms. The highest BCUT2D eigenvalue weighted by Crippen LogP contribution is 2.24. The van der Waals surface area contributed by atoms with Gasteiger partial charge in [-0.3, -0.25) is 0 Å². The van der Waals surface area contributed by atoms with Crippen LogP contribution in [0, 0.1) is 17.5 Å². The Morgan fingerprint density at radius 3 is 2.40 bits per heavy atom. The Balaban J connectivity index is 2.27. The first-order valence-corrected chi connectivity index (χ1v) is 5.58. The first-order chi connectivity index (χ1) is 9.50. The summed E-state index contributed by atoms with van der Waals surface area (Å²) in [4.78, 5) is 10.9. The molecule has 0 aliphatic rings. The predicted molar refractivity (Wildman–Crippen MR) is 64.0 cm³/mol. The maximum atomic E-state index is 13.5. The lowest BCUT2D eigenvalue weighted by Gasteiger charge is -2.10. The fraction of sp³-hybridized carbons (Fsp3) is 0.0714. The molecule has 2 aromatic carbocycles. The summed E-state index contributed by atoms with van der Waals surface area (Å²) in [7, 11) is 0. The van der Waals surface area contributed by atoms with Crippen LogP contribution < -0.4 is 4.74 Å². The topological polar surface area (TPSA) is 46.5 Å². The normalized spacial score (nSPS) is 10.3. The molecule has 3 nitrogen and oxygen atoms in total. The minimum atomic E-state index is -1.38. The van der Waals surface area contributed by atoms with Crippen molar-refractivity contribution in [3.8, 4) is 5.75 Å². The van der Waals surface area contributed by atoms with E-state index in [1.54, 1.807) is 0 Å². The van der Waals surface area contributed by atoms with Crippen molar-refractivity contribution in [1.29, 1.82) is 0 Å². The fourth-order valence-electron chi connectivity index (χ4n) is 1.63. The third kappa shape index (κ3) is 2.74. The minimum absolute atomic E-state index is 0.135. The van der Waals surface area contributed by atoms with E-state index < -0.39 is 35.8 Å². The van der Waals surface area contributed by atoms with Gasteiger partial charge in [-0.25, -0.2) is 18.0 Å². The molecule has 0 radical (unpaired) electrons. The average Bonchev–Trinajstić information content (AvgIpc) is 2.41. The van der Waals surface area contributed by atoms with Gasteiger partial charge in [0.25, 0.3) is 0 Å². The van der Waals surface area contributed by atoms with Crippen LogP contribution in [-0.2, 0) is 6.61 Å².